The highest BCUT2D eigenvalue weighted by Crippen LogP contribution is 2.22. The summed E-state index contributed by atoms with van der Waals surface area (Å²) in [5, 5.41) is 8.06. The molecule has 7 heteroatoms. The van der Waals surface area contributed by atoms with E-state index < -0.39 is 0 Å². The SMILES string of the molecule is COc1ccc2cc(C(=O)NCc3cccnc3-n3cccn3)c(C)nc2c1. The fraction of sp³-hybridized carbons (Fsp3) is 0.143. The van der Waals surface area contributed by atoms with Crippen LogP contribution in [-0.2, 0) is 6.54 Å². The lowest BCUT2D eigenvalue weighted by Crippen LogP contribution is -2.25. The molecule has 0 unspecified atom stereocenters. The van der Waals surface area contributed by atoms with Crippen molar-refractivity contribution in [3.05, 3.63) is 77.9 Å². The third kappa shape index (κ3) is 3.42. The van der Waals surface area contributed by atoms with E-state index in [4.69, 9.17) is 4.74 Å². The molecule has 3 heterocycles. The molecule has 1 amide bonds. The molecule has 1 aromatic carbocycles. The van der Waals surface area contributed by atoms with Gasteiger partial charge in [0.25, 0.3) is 5.91 Å². The fourth-order valence-corrected chi connectivity index (χ4v) is 3.04. The summed E-state index contributed by atoms with van der Waals surface area (Å²) in [6.07, 6.45) is 5.21. The van der Waals surface area contributed by atoms with Gasteiger partial charge in [-0.2, -0.15) is 5.10 Å². The van der Waals surface area contributed by atoms with E-state index in [9.17, 15) is 4.79 Å². The molecule has 3 aromatic heterocycles. The van der Waals surface area contributed by atoms with Gasteiger partial charge in [-0.1, -0.05) is 6.07 Å². The molecule has 28 heavy (non-hydrogen) atoms. The van der Waals surface area contributed by atoms with Crippen molar-refractivity contribution in [1.82, 2.24) is 25.1 Å². The normalized spacial score (nSPS) is 10.8. The third-order valence-electron chi connectivity index (χ3n) is 4.49. The van der Waals surface area contributed by atoms with Crippen molar-refractivity contribution in [2.75, 3.05) is 7.11 Å². The molecule has 0 aliphatic carbocycles. The number of carbonyl (C=O) groups excluding carboxylic acids is 1. The minimum Gasteiger partial charge on any atom is -0.497 e. The molecule has 0 atom stereocenters. The van der Waals surface area contributed by atoms with Gasteiger partial charge in [-0.3, -0.25) is 9.78 Å². The second kappa shape index (κ2) is 7.48. The van der Waals surface area contributed by atoms with Crippen molar-refractivity contribution < 1.29 is 9.53 Å². The highest BCUT2D eigenvalue weighted by atomic mass is 16.5. The van der Waals surface area contributed by atoms with Crippen LogP contribution in [0, 0.1) is 6.92 Å². The van der Waals surface area contributed by atoms with Crippen LogP contribution in [0.3, 0.4) is 0 Å². The van der Waals surface area contributed by atoms with E-state index in [0.717, 1.165) is 22.2 Å². The number of hydrogen-bond acceptors (Lipinski definition) is 5. The number of amides is 1. The predicted molar refractivity (Wildman–Crippen MR) is 106 cm³/mol. The minimum absolute atomic E-state index is 0.182. The number of aromatic nitrogens is 4. The summed E-state index contributed by atoms with van der Waals surface area (Å²) in [5.41, 5.74) is 2.87. The van der Waals surface area contributed by atoms with Gasteiger partial charge >= 0.3 is 0 Å². The van der Waals surface area contributed by atoms with E-state index in [1.165, 1.54) is 0 Å². The topological polar surface area (TPSA) is 81.9 Å². The second-order valence-corrected chi connectivity index (χ2v) is 6.30. The average molecular weight is 373 g/mol. The highest BCUT2D eigenvalue weighted by molar-refractivity contribution is 5.98. The van der Waals surface area contributed by atoms with Gasteiger partial charge in [0.05, 0.1) is 23.9 Å². The van der Waals surface area contributed by atoms with Gasteiger partial charge in [-0.15, -0.1) is 0 Å². The second-order valence-electron chi connectivity index (χ2n) is 6.30. The van der Waals surface area contributed by atoms with E-state index >= 15 is 0 Å². The predicted octanol–water partition coefficient (Wildman–Crippen LogP) is 3.06. The number of pyridine rings is 2. The first kappa shape index (κ1) is 17.7. The molecule has 0 bridgehead atoms. The van der Waals surface area contributed by atoms with Crippen molar-refractivity contribution in [2.45, 2.75) is 13.5 Å². The van der Waals surface area contributed by atoms with Gasteiger partial charge < -0.3 is 10.1 Å². The number of carbonyl (C=O) groups is 1. The number of rotatable bonds is 5. The molecular formula is C21H19N5O2. The summed E-state index contributed by atoms with van der Waals surface area (Å²) in [7, 11) is 1.62. The molecule has 4 rings (SSSR count). The summed E-state index contributed by atoms with van der Waals surface area (Å²) < 4.78 is 6.92. The van der Waals surface area contributed by atoms with Crippen LogP contribution in [0.5, 0.6) is 5.75 Å². The van der Waals surface area contributed by atoms with E-state index in [-0.39, 0.29) is 5.91 Å². The molecule has 1 N–H and O–H groups in total. The number of nitrogens with zero attached hydrogens (tertiary/aromatic N) is 4. The standard InChI is InChI=1S/C21H19N5O2/c1-14-18(11-15-6-7-17(28-2)12-19(15)25-14)21(27)23-13-16-5-3-8-22-20(16)26-10-4-9-24-26/h3-12H,13H2,1-2H3,(H,23,27). The van der Waals surface area contributed by atoms with Crippen LogP contribution >= 0.6 is 0 Å². The lowest BCUT2D eigenvalue weighted by atomic mass is 10.1. The Morgan fingerprint density at radius 1 is 1.18 bits per heavy atom. The highest BCUT2D eigenvalue weighted by Gasteiger charge is 2.13. The van der Waals surface area contributed by atoms with Crippen LogP contribution in [0.1, 0.15) is 21.6 Å². The van der Waals surface area contributed by atoms with Crippen LogP contribution in [-0.4, -0.2) is 32.8 Å². The zero-order chi connectivity index (χ0) is 19.5. The number of fused-ring (bicyclic) bond motifs is 1. The van der Waals surface area contributed by atoms with Crippen LogP contribution in [0.15, 0.2) is 61.1 Å². The lowest BCUT2D eigenvalue weighted by molar-refractivity contribution is 0.0950. The fourth-order valence-electron chi connectivity index (χ4n) is 3.04. The maximum Gasteiger partial charge on any atom is 0.253 e. The molecule has 0 aliphatic heterocycles. The van der Waals surface area contributed by atoms with Gasteiger partial charge in [0.15, 0.2) is 5.82 Å². The summed E-state index contributed by atoms with van der Waals surface area (Å²) in [6.45, 7) is 2.16. The smallest absolute Gasteiger partial charge is 0.253 e. The van der Waals surface area contributed by atoms with Gasteiger partial charge in [0, 0.05) is 42.2 Å². The van der Waals surface area contributed by atoms with E-state index in [1.54, 1.807) is 24.2 Å². The molecule has 0 aliphatic rings. The number of methoxy groups -OCH3 is 1. The number of aryl methyl sites for hydroxylation is 1. The van der Waals surface area contributed by atoms with Crippen molar-refractivity contribution in [3.63, 3.8) is 0 Å². The molecule has 4 aromatic rings. The summed E-state index contributed by atoms with van der Waals surface area (Å²) in [4.78, 5) is 21.7. The molecule has 140 valence electrons. The van der Waals surface area contributed by atoms with Gasteiger partial charge in [-0.25, -0.2) is 9.67 Å². The average Bonchev–Trinajstić information content (AvgIpc) is 3.26. The van der Waals surface area contributed by atoms with E-state index in [0.29, 0.717) is 23.6 Å². The van der Waals surface area contributed by atoms with Crippen molar-refractivity contribution in [3.8, 4) is 11.6 Å². The molecule has 0 saturated heterocycles. The summed E-state index contributed by atoms with van der Waals surface area (Å²) >= 11 is 0. The molecule has 7 nitrogen and oxygen atoms in total. The summed E-state index contributed by atoms with van der Waals surface area (Å²) in [5.74, 6) is 1.24. The van der Waals surface area contributed by atoms with Gasteiger partial charge in [-0.05, 0) is 37.3 Å². The zero-order valence-electron chi connectivity index (χ0n) is 15.6. The monoisotopic (exact) mass is 373 g/mol. The number of nitrogens with one attached hydrogen (secondary N) is 1. The molecule has 0 fully saturated rings. The number of ether oxygens (including phenoxy) is 1. The van der Waals surface area contributed by atoms with Gasteiger partial charge in [0.1, 0.15) is 5.75 Å². The summed E-state index contributed by atoms with van der Waals surface area (Å²) in [6, 6.07) is 13.0. The quantitative estimate of drug-likeness (QED) is 0.581. The Morgan fingerprint density at radius 3 is 2.86 bits per heavy atom. The lowest BCUT2D eigenvalue weighted by Gasteiger charge is -2.11. The van der Waals surface area contributed by atoms with Crippen LogP contribution in [0.25, 0.3) is 16.7 Å². The van der Waals surface area contributed by atoms with Crippen LogP contribution in [0.2, 0.25) is 0 Å². The largest absolute Gasteiger partial charge is 0.497 e. The van der Waals surface area contributed by atoms with Crippen molar-refractivity contribution in [2.24, 2.45) is 0 Å². The molecule has 0 spiro atoms. The van der Waals surface area contributed by atoms with Gasteiger partial charge in [0.2, 0.25) is 0 Å². The van der Waals surface area contributed by atoms with Crippen LogP contribution in [0.4, 0.5) is 0 Å². The first-order valence-electron chi connectivity index (χ1n) is 8.83. The first-order chi connectivity index (χ1) is 13.7. The molecule has 0 radical (unpaired) electrons. The maximum absolute atomic E-state index is 12.8. The van der Waals surface area contributed by atoms with Crippen molar-refractivity contribution >= 4 is 16.8 Å². The third-order valence-corrected chi connectivity index (χ3v) is 4.49. The Hall–Kier alpha value is -3.74. The van der Waals surface area contributed by atoms with Crippen LogP contribution < -0.4 is 10.1 Å². The Balaban J connectivity index is 1.57. The number of hydrogen-bond donors (Lipinski definition) is 1. The van der Waals surface area contributed by atoms with E-state index in [1.807, 2.05) is 55.6 Å². The minimum atomic E-state index is -0.182. The Morgan fingerprint density at radius 2 is 2.07 bits per heavy atom. The van der Waals surface area contributed by atoms with E-state index in [2.05, 4.69) is 20.4 Å². The zero-order valence-corrected chi connectivity index (χ0v) is 15.6. The molecule has 0 saturated carbocycles. The maximum atomic E-state index is 12.8. The Kier molecular flexibility index (Phi) is 4.72. The Labute approximate surface area is 162 Å². The Bertz CT molecular complexity index is 1140. The number of benzene rings is 1. The van der Waals surface area contributed by atoms with Crippen molar-refractivity contribution in [1.29, 1.82) is 0 Å². The molecular weight excluding hydrogens is 354 g/mol. The first-order valence-corrected chi connectivity index (χ1v) is 8.83.